The Bertz CT molecular complexity index is 2090. The maximum absolute atomic E-state index is 11.4. The van der Waals surface area contributed by atoms with Gasteiger partial charge in [0.05, 0.1) is 33.0 Å². The Morgan fingerprint density at radius 2 is 1.64 bits per heavy atom. The van der Waals surface area contributed by atoms with E-state index in [1.54, 1.807) is 0 Å². The van der Waals surface area contributed by atoms with Crippen LogP contribution in [0, 0.1) is 0 Å². The first-order valence-corrected chi connectivity index (χ1v) is 18.2. The Kier molecular flexibility index (Phi) is 8.44. The molecule has 1 N–H and O–H groups in total. The molecule has 0 saturated carbocycles. The van der Waals surface area contributed by atoms with Crippen molar-refractivity contribution < 1.29 is 35.2 Å². The first-order valence-electron chi connectivity index (χ1n) is 14.2. The lowest BCUT2D eigenvalue weighted by molar-refractivity contribution is -0.667. The Hall–Kier alpha value is -3.81. The fourth-order valence-electron chi connectivity index (χ4n) is 5.51. The monoisotopic (exact) mass is 650 g/mol. The minimum atomic E-state index is -4.37. The number of benzene rings is 4. The van der Waals surface area contributed by atoms with Crippen molar-refractivity contribution in [1.29, 1.82) is 0 Å². The van der Waals surface area contributed by atoms with E-state index in [9.17, 15) is 25.9 Å². The number of ether oxygens (including phenoxy) is 1. The van der Waals surface area contributed by atoms with Crippen molar-refractivity contribution >= 4 is 64.3 Å². The number of unbranched alkanes of at least 4 members (excludes halogenated alkanes) is 1. The third kappa shape index (κ3) is 6.79. The van der Waals surface area contributed by atoms with Crippen LogP contribution in [0.15, 0.2) is 90.8 Å². The standard InChI is InChI=1S/C32H30N2O7S3/c35-43(36,37)19-7-6-17-33-27-21-25(23-9-2-1-3-10-23)13-15-28(27)41-30(33)22-31-34(18-8-20-44(38,39)40)32-26-12-5-4-11-24(26)14-16-29(32)42-31/h1-5,9-16,21-22H,6-8,17-20H2,(H-,35,36,37,38,39,40). The van der Waals surface area contributed by atoms with Gasteiger partial charge in [0, 0.05) is 18.7 Å². The molecule has 0 aliphatic carbocycles. The molecule has 0 radical (unpaired) electrons. The van der Waals surface area contributed by atoms with E-state index in [1.807, 2.05) is 100 Å². The number of aryl methyl sites for hydroxylation is 1. The van der Waals surface area contributed by atoms with E-state index in [4.69, 9.17) is 4.74 Å². The summed E-state index contributed by atoms with van der Waals surface area (Å²) in [5.74, 6) is 0.394. The predicted octanol–water partition coefficient (Wildman–Crippen LogP) is 5.81. The zero-order valence-corrected chi connectivity index (χ0v) is 26.1. The molecule has 228 valence electrons. The summed E-state index contributed by atoms with van der Waals surface area (Å²) < 4.78 is 75.6. The number of aromatic nitrogens is 1. The maximum Gasteiger partial charge on any atom is 0.268 e. The van der Waals surface area contributed by atoms with Crippen LogP contribution < -0.4 is 14.2 Å². The van der Waals surface area contributed by atoms with Crippen molar-refractivity contribution in [2.24, 2.45) is 0 Å². The molecule has 6 rings (SSSR count). The van der Waals surface area contributed by atoms with E-state index < -0.39 is 26.0 Å². The van der Waals surface area contributed by atoms with Gasteiger partial charge in [0.25, 0.3) is 15.1 Å². The van der Waals surface area contributed by atoms with Gasteiger partial charge in [0.15, 0.2) is 12.3 Å². The summed E-state index contributed by atoms with van der Waals surface area (Å²) in [7, 11) is -8.45. The van der Waals surface area contributed by atoms with E-state index in [0.29, 0.717) is 31.1 Å². The molecule has 5 aromatic rings. The Morgan fingerprint density at radius 3 is 2.41 bits per heavy atom. The molecule has 0 atom stereocenters. The van der Waals surface area contributed by atoms with E-state index in [-0.39, 0.29) is 18.6 Å². The van der Waals surface area contributed by atoms with Crippen LogP contribution in [0.4, 0.5) is 5.69 Å². The Morgan fingerprint density at radius 1 is 0.864 bits per heavy atom. The highest BCUT2D eigenvalue weighted by atomic mass is 32.2. The van der Waals surface area contributed by atoms with E-state index in [0.717, 1.165) is 42.8 Å². The van der Waals surface area contributed by atoms with Crippen LogP contribution in [0.3, 0.4) is 0 Å². The smallest absolute Gasteiger partial charge is 0.268 e. The van der Waals surface area contributed by atoms with Crippen LogP contribution in [0.2, 0.25) is 0 Å². The van der Waals surface area contributed by atoms with Crippen molar-refractivity contribution in [2.45, 2.75) is 25.8 Å². The average Bonchev–Trinajstić information content (AvgIpc) is 3.51. The fourth-order valence-corrected chi connectivity index (χ4v) is 7.69. The first kappa shape index (κ1) is 30.2. The number of fused-ring (bicyclic) bond motifs is 4. The number of thiazole rings is 1. The van der Waals surface area contributed by atoms with Gasteiger partial charge in [-0.1, -0.05) is 72.0 Å². The van der Waals surface area contributed by atoms with Gasteiger partial charge in [-0.25, -0.2) is 8.42 Å². The molecule has 9 nitrogen and oxygen atoms in total. The molecule has 0 bridgehead atoms. The Balaban J connectivity index is 1.43. The second-order valence-electron chi connectivity index (χ2n) is 10.6. The summed E-state index contributed by atoms with van der Waals surface area (Å²) in [5.41, 5.74) is 3.82. The average molecular weight is 651 g/mol. The normalized spacial score (nSPS) is 14.4. The molecular formula is C32H30N2O7S3. The van der Waals surface area contributed by atoms with Crippen molar-refractivity contribution in [2.75, 3.05) is 23.0 Å². The lowest BCUT2D eigenvalue weighted by atomic mass is 10.0. The van der Waals surface area contributed by atoms with Crippen molar-refractivity contribution in [3.05, 3.63) is 95.8 Å². The third-order valence-corrected chi connectivity index (χ3v) is 10.2. The number of rotatable bonds is 11. The molecule has 0 spiro atoms. The Labute approximate surface area is 260 Å². The summed E-state index contributed by atoms with van der Waals surface area (Å²) >= 11 is 1.54. The molecule has 0 saturated heterocycles. The van der Waals surface area contributed by atoms with Gasteiger partial charge in [-0.2, -0.15) is 13.0 Å². The third-order valence-electron chi connectivity index (χ3n) is 7.51. The molecule has 0 unspecified atom stereocenters. The highest BCUT2D eigenvalue weighted by Crippen LogP contribution is 2.42. The van der Waals surface area contributed by atoms with Crippen LogP contribution in [0.25, 0.3) is 38.2 Å². The van der Waals surface area contributed by atoms with Gasteiger partial charge in [0.2, 0.25) is 11.4 Å². The molecule has 1 aliphatic heterocycles. The van der Waals surface area contributed by atoms with Gasteiger partial charge in [0.1, 0.15) is 4.70 Å². The van der Waals surface area contributed by atoms with Gasteiger partial charge in [-0.3, -0.25) is 4.55 Å². The molecule has 44 heavy (non-hydrogen) atoms. The van der Waals surface area contributed by atoms with Crippen LogP contribution in [-0.2, 0) is 26.8 Å². The summed E-state index contributed by atoms with van der Waals surface area (Å²) in [6, 6.07) is 27.9. The lowest BCUT2D eigenvalue weighted by Gasteiger charge is -2.18. The lowest BCUT2D eigenvalue weighted by Crippen LogP contribution is -2.36. The van der Waals surface area contributed by atoms with Crippen molar-refractivity contribution in [3.63, 3.8) is 0 Å². The number of hydrogen-bond donors (Lipinski definition) is 1. The summed E-state index contributed by atoms with van der Waals surface area (Å²) in [5, 5.41) is 2.87. The zero-order chi connectivity index (χ0) is 30.9. The summed E-state index contributed by atoms with van der Waals surface area (Å²) in [4.78, 5) is 2.00. The van der Waals surface area contributed by atoms with Crippen molar-refractivity contribution in [1.82, 2.24) is 0 Å². The molecule has 4 aromatic carbocycles. The number of anilines is 1. The zero-order valence-electron chi connectivity index (χ0n) is 23.6. The summed E-state index contributed by atoms with van der Waals surface area (Å²) in [6.45, 7) is 0.753. The summed E-state index contributed by atoms with van der Waals surface area (Å²) in [6.07, 6.45) is 2.82. The number of hydrogen-bond acceptors (Lipinski definition) is 8. The minimum Gasteiger partial charge on any atom is -0.748 e. The van der Waals surface area contributed by atoms with Gasteiger partial charge in [-0.05, 0) is 53.6 Å². The predicted molar refractivity (Wildman–Crippen MR) is 172 cm³/mol. The van der Waals surface area contributed by atoms with Crippen LogP contribution in [-0.4, -0.2) is 44.0 Å². The molecule has 0 fully saturated rings. The van der Waals surface area contributed by atoms with Crippen molar-refractivity contribution in [3.8, 4) is 16.9 Å². The maximum atomic E-state index is 11.4. The highest BCUT2D eigenvalue weighted by Gasteiger charge is 2.30. The second kappa shape index (κ2) is 12.3. The molecule has 0 amide bonds. The first-order chi connectivity index (χ1) is 21.1. The van der Waals surface area contributed by atoms with Gasteiger partial charge in [-0.15, -0.1) is 0 Å². The molecule has 1 aromatic heterocycles. The fraction of sp³-hybridized carbons (Fsp3) is 0.219. The minimum absolute atomic E-state index is 0.155. The molecule has 1 aliphatic rings. The van der Waals surface area contributed by atoms with Crippen LogP contribution in [0.5, 0.6) is 5.75 Å². The van der Waals surface area contributed by atoms with Gasteiger partial charge >= 0.3 is 0 Å². The van der Waals surface area contributed by atoms with E-state index in [1.165, 1.54) is 11.3 Å². The highest BCUT2D eigenvalue weighted by molar-refractivity contribution is 7.85. The van der Waals surface area contributed by atoms with Crippen LogP contribution in [0.1, 0.15) is 24.3 Å². The van der Waals surface area contributed by atoms with E-state index in [2.05, 4.69) is 0 Å². The quantitative estimate of drug-likeness (QED) is 0.108. The van der Waals surface area contributed by atoms with Gasteiger partial charge < -0.3 is 14.2 Å². The molecular weight excluding hydrogens is 621 g/mol. The van der Waals surface area contributed by atoms with Crippen LogP contribution >= 0.6 is 11.3 Å². The topological polar surface area (TPSA) is 128 Å². The largest absolute Gasteiger partial charge is 0.748 e. The molecule has 2 heterocycles. The number of nitrogens with zero attached hydrogens (tertiary/aromatic N) is 2. The van der Waals surface area contributed by atoms with E-state index >= 15 is 0 Å². The second-order valence-corrected chi connectivity index (χ2v) is 14.8. The molecule has 12 heteroatoms. The SMILES string of the molecule is O=S(=O)([O-])CCC[n+]1c(C=C2Oc3ccc(-c4ccccc4)cc3N2CCCCS(=O)(=O)O)sc2ccc3ccccc3c21.